The van der Waals surface area contributed by atoms with Crippen LogP contribution in [0.2, 0.25) is 0 Å². The first-order valence-corrected chi connectivity index (χ1v) is 6.39. The Morgan fingerprint density at radius 3 is 1.68 bits per heavy atom. The van der Waals surface area contributed by atoms with E-state index < -0.39 is 16.7 Å². The highest BCUT2D eigenvalue weighted by Gasteiger charge is 2.14. The molecule has 0 fully saturated rings. The Balaban J connectivity index is 1.97. The molecule has 0 radical (unpaired) electrons. The monoisotopic (exact) mass is 299 g/mol. The second kappa shape index (κ2) is 6.49. The molecule has 0 unspecified atom stereocenters. The lowest BCUT2D eigenvalue weighted by Crippen LogP contribution is -2.29. The van der Waals surface area contributed by atoms with Gasteiger partial charge in [-0.3, -0.25) is 19.7 Å². The first-order chi connectivity index (χ1) is 10.5. The Morgan fingerprint density at radius 1 is 0.864 bits per heavy atom. The van der Waals surface area contributed by atoms with Gasteiger partial charge in [0.1, 0.15) is 0 Å². The average Bonchev–Trinajstić information content (AvgIpc) is 2.50. The molecule has 0 spiro atoms. The first-order valence-electron chi connectivity index (χ1n) is 6.39. The third kappa shape index (κ3) is 3.89. The Labute approximate surface area is 126 Å². The van der Waals surface area contributed by atoms with E-state index in [0.717, 1.165) is 5.56 Å². The number of nitro groups is 1. The van der Waals surface area contributed by atoms with Gasteiger partial charge in [0.15, 0.2) is 0 Å². The number of nitrogens with zero attached hydrogens (tertiary/aromatic N) is 1. The molecular formula is C15H13N3O4. The molecule has 2 aromatic carbocycles. The van der Waals surface area contributed by atoms with Gasteiger partial charge < -0.3 is 10.6 Å². The molecule has 0 bridgehead atoms. The van der Waals surface area contributed by atoms with E-state index in [1.165, 1.54) is 24.3 Å². The third-order valence-electron chi connectivity index (χ3n) is 2.85. The summed E-state index contributed by atoms with van der Waals surface area (Å²) in [5.74, 6) is -1.67. The fraction of sp³-hybridized carbons (Fsp3) is 0.0667. The number of hydrogen-bond acceptors (Lipinski definition) is 4. The fourth-order valence-corrected chi connectivity index (χ4v) is 1.68. The van der Waals surface area contributed by atoms with Gasteiger partial charge in [-0.1, -0.05) is 17.7 Å². The van der Waals surface area contributed by atoms with Crippen molar-refractivity contribution >= 4 is 28.9 Å². The van der Waals surface area contributed by atoms with Gasteiger partial charge in [0.05, 0.1) is 4.92 Å². The summed E-state index contributed by atoms with van der Waals surface area (Å²) >= 11 is 0. The Bertz CT molecular complexity index is 709. The average molecular weight is 299 g/mol. The van der Waals surface area contributed by atoms with E-state index in [1.54, 1.807) is 12.1 Å². The summed E-state index contributed by atoms with van der Waals surface area (Å²) < 4.78 is 0. The molecule has 0 heterocycles. The highest BCUT2D eigenvalue weighted by Crippen LogP contribution is 2.15. The normalized spacial score (nSPS) is 9.86. The van der Waals surface area contributed by atoms with Crippen molar-refractivity contribution in [1.82, 2.24) is 0 Å². The van der Waals surface area contributed by atoms with E-state index in [9.17, 15) is 19.7 Å². The van der Waals surface area contributed by atoms with Crippen molar-refractivity contribution in [3.8, 4) is 0 Å². The van der Waals surface area contributed by atoms with Crippen LogP contribution in [0.1, 0.15) is 5.56 Å². The van der Waals surface area contributed by atoms with Crippen LogP contribution >= 0.6 is 0 Å². The second-order valence-corrected chi connectivity index (χ2v) is 4.58. The van der Waals surface area contributed by atoms with Crippen molar-refractivity contribution in [2.24, 2.45) is 0 Å². The van der Waals surface area contributed by atoms with Gasteiger partial charge in [0, 0.05) is 23.5 Å². The van der Waals surface area contributed by atoms with E-state index >= 15 is 0 Å². The number of anilines is 2. The zero-order valence-electron chi connectivity index (χ0n) is 11.7. The van der Waals surface area contributed by atoms with Crippen LogP contribution in [-0.2, 0) is 9.59 Å². The SMILES string of the molecule is Cc1ccc(NC(=O)C(=O)Nc2ccc([N+](=O)[O-])cc2)cc1. The minimum atomic E-state index is -0.852. The molecule has 2 N–H and O–H groups in total. The molecule has 0 aliphatic rings. The molecule has 0 aliphatic carbocycles. The number of amides is 2. The van der Waals surface area contributed by atoms with E-state index in [1.807, 2.05) is 19.1 Å². The topological polar surface area (TPSA) is 101 Å². The minimum Gasteiger partial charge on any atom is -0.318 e. The summed E-state index contributed by atoms with van der Waals surface area (Å²) in [6.07, 6.45) is 0. The van der Waals surface area contributed by atoms with Crippen molar-refractivity contribution in [3.63, 3.8) is 0 Å². The molecule has 2 aromatic rings. The van der Waals surface area contributed by atoms with Crippen molar-refractivity contribution in [2.75, 3.05) is 10.6 Å². The van der Waals surface area contributed by atoms with E-state index in [-0.39, 0.29) is 5.69 Å². The van der Waals surface area contributed by atoms with Gasteiger partial charge >= 0.3 is 11.8 Å². The van der Waals surface area contributed by atoms with Crippen LogP contribution in [0.25, 0.3) is 0 Å². The highest BCUT2D eigenvalue weighted by atomic mass is 16.6. The van der Waals surface area contributed by atoms with Gasteiger partial charge in [0.25, 0.3) is 5.69 Å². The van der Waals surface area contributed by atoms with Crippen LogP contribution in [0.5, 0.6) is 0 Å². The molecule has 0 aromatic heterocycles. The Hall–Kier alpha value is -3.22. The summed E-state index contributed by atoms with van der Waals surface area (Å²) in [6, 6.07) is 12.2. The fourth-order valence-electron chi connectivity index (χ4n) is 1.68. The summed E-state index contributed by atoms with van der Waals surface area (Å²) in [5, 5.41) is 15.3. The zero-order valence-corrected chi connectivity index (χ0v) is 11.7. The van der Waals surface area contributed by atoms with Crippen LogP contribution in [0.15, 0.2) is 48.5 Å². The molecule has 112 valence electrons. The van der Waals surface area contributed by atoms with Gasteiger partial charge in [-0.05, 0) is 31.2 Å². The van der Waals surface area contributed by atoms with Gasteiger partial charge in [-0.15, -0.1) is 0 Å². The molecule has 2 rings (SSSR count). The second-order valence-electron chi connectivity index (χ2n) is 4.58. The number of hydrogen-bond donors (Lipinski definition) is 2. The molecular weight excluding hydrogens is 286 g/mol. The minimum absolute atomic E-state index is 0.0953. The number of carbonyl (C=O) groups excluding carboxylic acids is 2. The van der Waals surface area contributed by atoms with Crippen LogP contribution in [0.4, 0.5) is 17.1 Å². The van der Waals surface area contributed by atoms with E-state index in [2.05, 4.69) is 10.6 Å². The van der Waals surface area contributed by atoms with Crippen LogP contribution in [-0.4, -0.2) is 16.7 Å². The smallest absolute Gasteiger partial charge is 0.314 e. The number of aryl methyl sites for hydroxylation is 1. The number of non-ortho nitro benzene ring substituents is 1. The van der Waals surface area contributed by atoms with Crippen LogP contribution in [0.3, 0.4) is 0 Å². The molecule has 22 heavy (non-hydrogen) atoms. The van der Waals surface area contributed by atoms with Crippen molar-refractivity contribution in [1.29, 1.82) is 0 Å². The maximum absolute atomic E-state index is 11.7. The molecule has 0 saturated heterocycles. The van der Waals surface area contributed by atoms with Gasteiger partial charge in [0.2, 0.25) is 0 Å². The van der Waals surface area contributed by atoms with Gasteiger partial charge in [-0.2, -0.15) is 0 Å². The number of rotatable bonds is 3. The quantitative estimate of drug-likeness (QED) is 0.516. The predicted octanol–water partition coefficient (Wildman–Crippen LogP) is 2.48. The number of nitro benzene ring substituents is 1. The largest absolute Gasteiger partial charge is 0.318 e. The molecule has 0 atom stereocenters. The van der Waals surface area contributed by atoms with E-state index in [0.29, 0.717) is 11.4 Å². The summed E-state index contributed by atoms with van der Waals surface area (Å²) in [6.45, 7) is 1.91. The molecule has 2 amide bonds. The third-order valence-corrected chi connectivity index (χ3v) is 2.85. The molecule has 0 aliphatic heterocycles. The lowest BCUT2D eigenvalue weighted by molar-refractivity contribution is -0.384. The number of benzene rings is 2. The van der Waals surface area contributed by atoms with E-state index in [4.69, 9.17) is 0 Å². The maximum atomic E-state index is 11.7. The maximum Gasteiger partial charge on any atom is 0.314 e. The van der Waals surface area contributed by atoms with Gasteiger partial charge in [-0.25, -0.2) is 0 Å². The standard InChI is InChI=1S/C15H13N3O4/c1-10-2-4-11(5-3-10)16-14(19)15(20)17-12-6-8-13(9-7-12)18(21)22/h2-9H,1H3,(H,16,19)(H,17,20). The first kappa shape index (κ1) is 15.2. The molecule has 7 nitrogen and oxygen atoms in total. The summed E-state index contributed by atoms with van der Waals surface area (Å²) in [4.78, 5) is 33.5. The van der Waals surface area contributed by atoms with Crippen molar-refractivity contribution in [3.05, 3.63) is 64.2 Å². The van der Waals surface area contributed by atoms with Crippen molar-refractivity contribution in [2.45, 2.75) is 6.92 Å². The number of carbonyl (C=O) groups is 2. The lowest BCUT2D eigenvalue weighted by atomic mass is 10.2. The molecule has 7 heteroatoms. The summed E-state index contributed by atoms with van der Waals surface area (Å²) in [7, 11) is 0. The molecule has 0 saturated carbocycles. The zero-order chi connectivity index (χ0) is 16.1. The summed E-state index contributed by atoms with van der Waals surface area (Å²) in [5.41, 5.74) is 1.75. The highest BCUT2D eigenvalue weighted by molar-refractivity contribution is 6.43. The van der Waals surface area contributed by atoms with Crippen LogP contribution < -0.4 is 10.6 Å². The van der Waals surface area contributed by atoms with Crippen molar-refractivity contribution < 1.29 is 14.5 Å². The Morgan fingerprint density at radius 2 is 1.27 bits per heavy atom. The predicted molar refractivity (Wildman–Crippen MR) is 81.5 cm³/mol. The Kier molecular flexibility index (Phi) is 4.47. The van der Waals surface area contributed by atoms with Crippen LogP contribution in [0, 0.1) is 17.0 Å². The number of nitrogens with one attached hydrogen (secondary N) is 2. The lowest BCUT2D eigenvalue weighted by Gasteiger charge is -2.06.